The van der Waals surface area contributed by atoms with Crippen LogP contribution < -0.4 is 0 Å². The highest BCUT2D eigenvalue weighted by molar-refractivity contribution is 8.08. The van der Waals surface area contributed by atoms with Crippen molar-refractivity contribution in [1.29, 1.82) is 0 Å². The van der Waals surface area contributed by atoms with Gasteiger partial charge in [-0.15, -0.1) is 0 Å². The van der Waals surface area contributed by atoms with E-state index in [-0.39, 0.29) is 0 Å². The summed E-state index contributed by atoms with van der Waals surface area (Å²) < 4.78 is 0. The Hall–Kier alpha value is -4.34. The van der Waals surface area contributed by atoms with Gasteiger partial charge in [-0.1, -0.05) is 132 Å². The Balaban J connectivity index is 1.63. The molecule has 0 radical (unpaired) electrons. The summed E-state index contributed by atoms with van der Waals surface area (Å²) in [5, 5.41) is 0. The van der Waals surface area contributed by atoms with Gasteiger partial charge in [0.15, 0.2) is 0 Å². The second-order valence-electron chi connectivity index (χ2n) is 11.4. The highest BCUT2D eigenvalue weighted by atomic mass is 32.2. The lowest BCUT2D eigenvalue weighted by atomic mass is 10.0. The zero-order valence-electron chi connectivity index (χ0n) is 28.2. The molecule has 4 aromatic rings. The molecule has 230 valence electrons. The summed E-state index contributed by atoms with van der Waals surface area (Å²) in [4.78, 5) is 4.80. The number of aryl methyl sites for hydroxylation is 2. The lowest BCUT2D eigenvalue weighted by Crippen LogP contribution is -1.92. The van der Waals surface area contributed by atoms with Crippen molar-refractivity contribution in [1.82, 2.24) is 0 Å². The SMILES string of the molecule is C/C(C#C/C(C)=C/C=C(\C)C#C/C(C)=C(\Sc1ccccc1)c1cccc(C)c1C)=C(/Sc1ccccc1)c1cccc(C)c1C. The van der Waals surface area contributed by atoms with Gasteiger partial charge in [-0.2, -0.15) is 0 Å². The van der Waals surface area contributed by atoms with Gasteiger partial charge in [-0.25, -0.2) is 0 Å². The number of rotatable bonds is 7. The maximum Gasteiger partial charge on any atom is 0.0310 e. The quantitative estimate of drug-likeness (QED) is 0.113. The fraction of sp³-hybridized carbons (Fsp3) is 0.182. The van der Waals surface area contributed by atoms with Gasteiger partial charge >= 0.3 is 0 Å². The standard InChI is InChI=1S/C44H42S2/c1-31(27-29-35(5)43(45-39-19-11-9-12-20-39)41-23-15-17-33(3)37(41)7)25-26-32(2)28-30-36(6)44(46-40-21-13-10-14-22-40)42-24-16-18-34(4)38(42)8/h9-26H,1-8H3/b31-25+,32-26+,43-35-,44-36-. The average molecular weight is 635 g/mol. The third-order valence-electron chi connectivity index (χ3n) is 7.78. The van der Waals surface area contributed by atoms with Crippen LogP contribution in [-0.2, 0) is 0 Å². The fourth-order valence-corrected chi connectivity index (χ4v) is 6.83. The van der Waals surface area contributed by atoms with Crippen molar-refractivity contribution in [2.75, 3.05) is 0 Å². The topological polar surface area (TPSA) is 0 Å². The van der Waals surface area contributed by atoms with E-state index in [0.29, 0.717) is 0 Å². The Kier molecular flexibility index (Phi) is 12.6. The van der Waals surface area contributed by atoms with Crippen molar-refractivity contribution in [2.24, 2.45) is 0 Å². The molecule has 2 heteroatoms. The third-order valence-corrected chi connectivity index (χ3v) is 10.3. The van der Waals surface area contributed by atoms with Gasteiger partial charge in [0, 0.05) is 30.7 Å². The number of allylic oxidation sites excluding steroid dienone is 6. The molecule has 0 spiro atoms. The van der Waals surface area contributed by atoms with E-state index in [1.807, 2.05) is 0 Å². The van der Waals surface area contributed by atoms with Crippen LogP contribution in [0.5, 0.6) is 0 Å². The van der Waals surface area contributed by atoms with E-state index in [4.69, 9.17) is 0 Å². The molecule has 0 nitrogen and oxygen atoms in total. The molecule has 0 N–H and O–H groups in total. The Labute approximate surface area is 285 Å². The highest BCUT2D eigenvalue weighted by Crippen LogP contribution is 2.39. The molecule has 0 bridgehead atoms. The summed E-state index contributed by atoms with van der Waals surface area (Å²) >= 11 is 3.55. The summed E-state index contributed by atoms with van der Waals surface area (Å²) in [6.45, 7) is 17.1. The van der Waals surface area contributed by atoms with Crippen molar-refractivity contribution in [3.05, 3.63) is 165 Å². The molecule has 46 heavy (non-hydrogen) atoms. The monoisotopic (exact) mass is 634 g/mol. The summed E-state index contributed by atoms with van der Waals surface area (Å²) in [7, 11) is 0. The molecule has 0 unspecified atom stereocenters. The Morgan fingerprint density at radius 3 is 1.20 bits per heavy atom. The molecule has 0 aliphatic carbocycles. The van der Waals surface area contributed by atoms with E-state index in [1.165, 1.54) is 53.0 Å². The van der Waals surface area contributed by atoms with Crippen LogP contribution in [0.1, 0.15) is 61.1 Å². The Morgan fingerprint density at radius 2 is 0.826 bits per heavy atom. The van der Waals surface area contributed by atoms with Crippen molar-refractivity contribution in [2.45, 2.75) is 65.2 Å². The first-order chi connectivity index (χ1) is 22.1. The molecule has 0 aromatic heterocycles. The normalized spacial score (nSPS) is 12.7. The minimum absolute atomic E-state index is 0.994. The molecule has 0 aliphatic heterocycles. The van der Waals surface area contributed by atoms with E-state index >= 15 is 0 Å². The average Bonchev–Trinajstić information content (AvgIpc) is 3.06. The zero-order valence-corrected chi connectivity index (χ0v) is 29.8. The molecular formula is C44H42S2. The molecule has 4 aromatic carbocycles. The first-order valence-electron chi connectivity index (χ1n) is 15.5. The van der Waals surface area contributed by atoms with Crippen LogP contribution in [0.25, 0.3) is 9.81 Å². The maximum atomic E-state index is 3.45. The predicted molar refractivity (Wildman–Crippen MR) is 205 cm³/mol. The Morgan fingerprint density at radius 1 is 0.457 bits per heavy atom. The predicted octanol–water partition coefficient (Wildman–Crippen LogP) is 12.6. The molecule has 0 atom stereocenters. The van der Waals surface area contributed by atoms with Crippen molar-refractivity contribution >= 4 is 33.3 Å². The summed E-state index contributed by atoms with van der Waals surface area (Å²) in [6.07, 6.45) is 4.13. The number of thioether (sulfide) groups is 2. The van der Waals surface area contributed by atoms with Crippen LogP contribution in [0, 0.1) is 51.4 Å². The smallest absolute Gasteiger partial charge is 0.0310 e. The summed E-state index contributed by atoms with van der Waals surface area (Å²) in [5.74, 6) is 13.7. The van der Waals surface area contributed by atoms with Crippen molar-refractivity contribution < 1.29 is 0 Å². The van der Waals surface area contributed by atoms with Crippen molar-refractivity contribution in [3.8, 4) is 23.7 Å². The van der Waals surface area contributed by atoms with E-state index in [1.54, 1.807) is 23.5 Å². The highest BCUT2D eigenvalue weighted by Gasteiger charge is 2.13. The van der Waals surface area contributed by atoms with Gasteiger partial charge in [0.25, 0.3) is 0 Å². The Bertz CT molecular complexity index is 1800. The van der Waals surface area contributed by atoms with Gasteiger partial charge in [0.2, 0.25) is 0 Å². The van der Waals surface area contributed by atoms with E-state index in [2.05, 4.69) is 188 Å². The first kappa shape index (κ1) is 34.5. The molecule has 0 saturated carbocycles. The molecule has 0 aliphatic rings. The minimum Gasteiger partial charge on any atom is -0.0885 e. The van der Waals surface area contributed by atoms with Crippen LogP contribution in [0.2, 0.25) is 0 Å². The minimum atomic E-state index is 0.994. The largest absolute Gasteiger partial charge is 0.0885 e. The number of hydrogen-bond donors (Lipinski definition) is 0. The lowest BCUT2D eigenvalue weighted by Gasteiger charge is -2.14. The third kappa shape index (κ3) is 9.58. The first-order valence-corrected chi connectivity index (χ1v) is 17.2. The molecule has 0 fully saturated rings. The van der Waals surface area contributed by atoms with Crippen LogP contribution in [-0.4, -0.2) is 0 Å². The number of benzene rings is 4. The summed E-state index contributed by atoms with van der Waals surface area (Å²) in [6, 6.07) is 34.0. The molecule has 0 heterocycles. The lowest BCUT2D eigenvalue weighted by molar-refractivity contribution is 1.32. The molecule has 0 saturated heterocycles. The number of hydrogen-bond acceptors (Lipinski definition) is 2. The second kappa shape index (κ2) is 16.8. The second-order valence-corrected chi connectivity index (χ2v) is 13.6. The van der Waals surface area contributed by atoms with Gasteiger partial charge in [0.1, 0.15) is 0 Å². The molecule has 0 amide bonds. The van der Waals surface area contributed by atoms with Crippen LogP contribution >= 0.6 is 23.5 Å². The molecular weight excluding hydrogens is 593 g/mol. The van der Waals surface area contributed by atoms with E-state index < -0.39 is 0 Å². The van der Waals surface area contributed by atoms with Gasteiger partial charge in [-0.05, 0) is 124 Å². The van der Waals surface area contributed by atoms with Gasteiger partial charge < -0.3 is 0 Å². The zero-order chi connectivity index (χ0) is 33.1. The van der Waals surface area contributed by atoms with Crippen molar-refractivity contribution in [3.63, 3.8) is 0 Å². The van der Waals surface area contributed by atoms with E-state index in [9.17, 15) is 0 Å². The van der Waals surface area contributed by atoms with Gasteiger partial charge in [0.05, 0.1) is 0 Å². The fourth-order valence-electron chi connectivity index (χ4n) is 4.71. The van der Waals surface area contributed by atoms with Crippen LogP contribution in [0.4, 0.5) is 0 Å². The summed E-state index contributed by atoms with van der Waals surface area (Å²) in [5.41, 5.74) is 11.7. The molecule has 4 rings (SSSR count). The van der Waals surface area contributed by atoms with Crippen LogP contribution in [0.15, 0.2) is 141 Å². The van der Waals surface area contributed by atoms with E-state index in [0.717, 1.165) is 22.3 Å². The maximum absolute atomic E-state index is 3.45. The van der Waals surface area contributed by atoms with Gasteiger partial charge in [-0.3, -0.25) is 0 Å². The van der Waals surface area contributed by atoms with Crippen LogP contribution in [0.3, 0.4) is 0 Å².